The standard InChI is InChI=1S/C6H7FO6/c7-3(5(11)6(12)13)4(10)2(9)1-8/h2,8-10H,1H2,(H,12,13)/b4-3+. The zero-order valence-corrected chi connectivity index (χ0v) is 6.27. The van der Waals surface area contributed by atoms with Crippen LogP contribution in [0.4, 0.5) is 4.39 Å². The molecule has 0 fully saturated rings. The van der Waals surface area contributed by atoms with E-state index in [9.17, 15) is 14.0 Å². The van der Waals surface area contributed by atoms with Crippen molar-refractivity contribution in [2.45, 2.75) is 6.10 Å². The van der Waals surface area contributed by atoms with Gasteiger partial charge in [0.2, 0.25) is 5.83 Å². The van der Waals surface area contributed by atoms with Crippen LogP contribution in [0.2, 0.25) is 0 Å². The Hall–Kier alpha value is -1.47. The van der Waals surface area contributed by atoms with E-state index in [2.05, 4.69) is 0 Å². The zero-order valence-electron chi connectivity index (χ0n) is 6.27. The van der Waals surface area contributed by atoms with Crippen LogP contribution in [0.1, 0.15) is 0 Å². The highest BCUT2D eigenvalue weighted by molar-refractivity contribution is 6.39. The Morgan fingerprint density at radius 3 is 2.08 bits per heavy atom. The second-order valence-corrected chi connectivity index (χ2v) is 2.03. The molecule has 0 aliphatic heterocycles. The molecule has 0 aromatic heterocycles. The quantitative estimate of drug-likeness (QED) is 0.252. The molecule has 0 saturated heterocycles. The van der Waals surface area contributed by atoms with Crippen molar-refractivity contribution in [3.8, 4) is 0 Å². The van der Waals surface area contributed by atoms with Crippen molar-refractivity contribution in [3.63, 3.8) is 0 Å². The lowest BCUT2D eigenvalue weighted by atomic mass is 10.2. The first-order valence-corrected chi connectivity index (χ1v) is 3.07. The van der Waals surface area contributed by atoms with Gasteiger partial charge in [-0.1, -0.05) is 0 Å². The van der Waals surface area contributed by atoms with Crippen LogP contribution in [0.3, 0.4) is 0 Å². The van der Waals surface area contributed by atoms with Crippen molar-refractivity contribution in [1.82, 2.24) is 0 Å². The number of aliphatic hydroxyl groups excluding tert-OH is 3. The largest absolute Gasteiger partial charge is 0.506 e. The number of carboxylic acids is 1. The number of carbonyl (C=O) groups excluding carboxylic acids is 1. The predicted molar refractivity (Wildman–Crippen MR) is 36.5 cm³/mol. The van der Waals surface area contributed by atoms with Gasteiger partial charge in [0.25, 0.3) is 0 Å². The van der Waals surface area contributed by atoms with Gasteiger partial charge < -0.3 is 20.4 Å². The van der Waals surface area contributed by atoms with E-state index in [1.807, 2.05) is 0 Å². The zero-order chi connectivity index (χ0) is 10.6. The number of rotatable bonds is 4. The maximum absolute atomic E-state index is 12.5. The third-order valence-electron chi connectivity index (χ3n) is 1.11. The first-order valence-electron chi connectivity index (χ1n) is 3.07. The van der Waals surface area contributed by atoms with Gasteiger partial charge in [0.1, 0.15) is 6.10 Å². The second-order valence-electron chi connectivity index (χ2n) is 2.03. The summed E-state index contributed by atoms with van der Waals surface area (Å²) < 4.78 is 12.5. The summed E-state index contributed by atoms with van der Waals surface area (Å²) in [5, 5.41) is 33.4. The summed E-state index contributed by atoms with van der Waals surface area (Å²) in [4.78, 5) is 20.2. The summed E-state index contributed by atoms with van der Waals surface area (Å²) in [6.07, 6.45) is -2.00. The van der Waals surface area contributed by atoms with Crippen molar-refractivity contribution < 1.29 is 34.4 Å². The van der Waals surface area contributed by atoms with E-state index in [4.69, 9.17) is 20.4 Å². The Bertz CT molecular complexity index is 258. The third kappa shape index (κ3) is 2.80. The number of carbonyl (C=O) groups is 2. The fourth-order valence-corrected chi connectivity index (χ4v) is 0.443. The Morgan fingerprint density at radius 2 is 1.77 bits per heavy atom. The number of Topliss-reactive ketones (excluding diaryl/α,β-unsaturated/α-hetero) is 1. The minimum absolute atomic E-state index is 1.02. The van der Waals surface area contributed by atoms with Gasteiger partial charge >= 0.3 is 11.8 Å². The molecule has 0 aromatic rings. The highest BCUT2D eigenvalue weighted by atomic mass is 19.1. The van der Waals surface area contributed by atoms with Crippen LogP contribution in [-0.4, -0.2) is 44.9 Å². The van der Waals surface area contributed by atoms with Gasteiger partial charge in [0.15, 0.2) is 5.76 Å². The van der Waals surface area contributed by atoms with Crippen LogP contribution >= 0.6 is 0 Å². The van der Waals surface area contributed by atoms with E-state index in [-0.39, 0.29) is 0 Å². The van der Waals surface area contributed by atoms with Crippen LogP contribution in [0.15, 0.2) is 11.6 Å². The fourth-order valence-electron chi connectivity index (χ4n) is 0.443. The maximum atomic E-state index is 12.5. The minimum atomic E-state index is -2.10. The highest BCUT2D eigenvalue weighted by Crippen LogP contribution is 2.08. The van der Waals surface area contributed by atoms with Gasteiger partial charge in [0.05, 0.1) is 6.61 Å². The van der Waals surface area contributed by atoms with Gasteiger partial charge in [-0.05, 0) is 0 Å². The van der Waals surface area contributed by atoms with Crippen LogP contribution in [0, 0.1) is 0 Å². The molecule has 0 spiro atoms. The second kappa shape index (κ2) is 4.53. The molecule has 0 rings (SSSR count). The predicted octanol–water partition coefficient (Wildman–Crippen LogP) is -1.27. The first-order chi connectivity index (χ1) is 5.91. The number of ketones is 1. The fraction of sp³-hybridized carbons (Fsp3) is 0.333. The minimum Gasteiger partial charge on any atom is -0.506 e. The molecule has 1 unspecified atom stereocenters. The highest BCUT2D eigenvalue weighted by Gasteiger charge is 2.25. The number of carboxylic acid groups (broad SMARTS) is 1. The van der Waals surface area contributed by atoms with E-state index in [1.165, 1.54) is 0 Å². The maximum Gasteiger partial charge on any atom is 0.379 e. The molecule has 13 heavy (non-hydrogen) atoms. The molecule has 0 aromatic carbocycles. The van der Waals surface area contributed by atoms with E-state index >= 15 is 0 Å². The van der Waals surface area contributed by atoms with E-state index < -0.39 is 36.0 Å². The summed E-state index contributed by atoms with van der Waals surface area (Å²) >= 11 is 0. The van der Waals surface area contributed by atoms with Gasteiger partial charge in [-0.2, -0.15) is 4.39 Å². The number of halogens is 1. The molecule has 6 nitrogen and oxygen atoms in total. The van der Waals surface area contributed by atoms with Crippen LogP contribution in [-0.2, 0) is 9.59 Å². The third-order valence-corrected chi connectivity index (χ3v) is 1.11. The number of hydrogen-bond acceptors (Lipinski definition) is 5. The molecule has 0 aliphatic carbocycles. The van der Waals surface area contributed by atoms with Crippen molar-refractivity contribution in [3.05, 3.63) is 11.6 Å². The van der Waals surface area contributed by atoms with E-state index in [0.29, 0.717) is 0 Å². The van der Waals surface area contributed by atoms with Crippen LogP contribution < -0.4 is 0 Å². The Balaban J connectivity index is 4.81. The average molecular weight is 194 g/mol. The lowest BCUT2D eigenvalue weighted by molar-refractivity contribution is -0.148. The summed E-state index contributed by atoms with van der Waals surface area (Å²) in [5.74, 6) is -7.57. The smallest absolute Gasteiger partial charge is 0.379 e. The first kappa shape index (κ1) is 11.5. The summed E-state index contributed by atoms with van der Waals surface area (Å²) in [6, 6.07) is 0. The SMILES string of the molecule is O=C(O)C(=O)/C(F)=C(\O)C(O)CO. The van der Waals surface area contributed by atoms with Crippen molar-refractivity contribution in [2.24, 2.45) is 0 Å². The van der Waals surface area contributed by atoms with E-state index in [0.717, 1.165) is 0 Å². The molecular formula is C6H7FO6. The number of hydrogen-bond donors (Lipinski definition) is 4. The van der Waals surface area contributed by atoms with E-state index in [1.54, 1.807) is 0 Å². The molecule has 0 aliphatic rings. The van der Waals surface area contributed by atoms with Gasteiger partial charge in [-0.3, -0.25) is 4.79 Å². The normalized spacial score (nSPS) is 14.7. The molecule has 0 bridgehead atoms. The Morgan fingerprint density at radius 1 is 1.31 bits per heavy atom. The van der Waals surface area contributed by atoms with Gasteiger partial charge in [-0.25, -0.2) is 4.79 Å². The van der Waals surface area contributed by atoms with Gasteiger partial charge in [0, 0.05) is 0 Å². The number of aliphatic hydroxyl groups is 3. The average Bonchev–Trinajstić information content (AvgIpc) is 2.12. The lowest BCUT2D eigenvalue weighted by Gasteiger charge is -2.05. The molecule has 1 atom stereocenters. The molecule has 74 valence electrons. The van der Waals surface area contributed by atoms with Crippen molar-refractivity contribution in [2.75, 3.05) is 6.61 Å². The number of aliphatic carboxylic acids is 1. The molecule has 0 saturated carbocycles. The molecule has 0 amide bonds. The van der Waals surface area contributed by atoms with Crippen molar-refractivity contribution in [1.29, 1.82) is 0 Å². The molecule has 0 radical (unpaired) electrons. The monoisotopic (exact) mass is 194 g/mol. The van der Waals surface area contributed by atoms with Gasteiger partial charge in [-0.15, -0.1) is 0 Å². The van der Waals surface area contributed by atoms with Crippen molar-refractivity contribution >= 4 is 11.8 Å². The van der Waals surface area contributed by atoms with Crippen LogP contribution in [0.5, 0.6) is 0 Å². The molecule has 4 N–H and O–H groups in total. The Kier molecular flexibility index (Phi) is 4.02. The summed E-state index contributed by atoms with van der Waals surface area (Å²) in [5.41, 5.74) is 0. The lowest BCUT2D eigenvalue weighted by Crippen LogP contribution is -2.21. The molecular weight excluding hydrogens is 187 g/mol. The molecule has 7 heteroatoms. The summed E-state index contributed by atoms with van der Waals surface area (Å²) in [6.45, 7) is -1.02. The Labute approximate surface area is 71.5 Å². The van der Waals surface area contributed by atoms with Crippen LogP contribution in [0.25, 0.3) is 0 Å². The topological polar surface area (TPSA) is 115 Å². The molecule has 0 heterocycles. The summed E-state index contributed by atoms with van der Waals surface area (Å²) in [7, 11) is 0.